The molecule has 0 bridgehead atoms. The predicted molar refractivity (Wildman–Crippen MR) is 68.2 cm³/mol. The fourth-order valence-electron chi connectivity index (χ4n) is 1.43. The van der Waals surface area contributed by atoms with Crippen LogP contribution in [0.4, 0.5) is 11.4 Å². The Bertz CT molecular complexity index is 494. The lowest BCUT2D eigenvalue weighted by Gasteiger charge is -2.05. The molecule has 0 spiro atoms. The summed E-state index contributed by atoms with van der Waals surface area (Å²) < 4.78 is 0. The second-order valence-electron chi connectivity index (χ2n) is 3.52. The summed E-state index contributed by atoms with van der Waals surface area (Å²) in [6.07, 6.45) is 3.28. The third-order valence-electron chi connectivity index (χ3n) is 2.37. The van der Waals surface area contributed by atoms with Crippen molar-refractivity contribution in [3.63, 3.8) is 0 Å². The summed E-state index contributed by atoms with van der Waals surface area (Å²) in [5.74, 6) is -0.126. The second kappa shape index (κ2) is 5.12. The van der Waals surface area contributed by atoms with Crippen molar-refractivity contribution in [2.24, 2.45) is 0 Å². The maximum atomic E-state index is 11.9. The molecule has 0 aliphatic heterocycles. The third-order valence-corrected chi connectivity index (χ3v) is 2.37. The van der Waals surface area contributed by atoms with Crippen molar-refractivity contribution in [1.29, 1.82) is 0 Å². The number of rotatable bonds is 3. The molecule has 1 aromatic carbocycles. The van der Waals surface area contributed by atoms with Crippen LogP contribution in [-0.2, 0) is 0 Å². The first-order valence-corrected chi connectivity index (χ1v) is 5.29. The Morgan fingerprint density at radius 2 is 1.65 bits per heavy atom. The van der Waals surface area contributed by atoms with Gasteiger partial charge < -0.3 is 10.6 Å². The second-order valence-corrected chi connectivity index (χ2v) is 3.52. The molecule has 1 aromatic heterocycles. The predicted octanol–water partition coefficient (Wildman–Crippen LogP) is 2.38. The molecule has 2 aromatic rings. The number of carbonyl (C=O) groups is 1. The molecule has 0 radical (unpaired) electrons. The molecule has 86 valence electrons. The summed E-state index contributed by atoms with van der Waals surface area (Å²) in [5.41, 5.74) is 2.34. The van der Waals surface area contributed by atoms with E-state index in [1.54, 1.807) is 36.7 Å². The number of hydrogen-bond acceptors (Lipinski definition) is 3. The Labute approximate surface area is 99.7 Å². The van der Waals surface area contributed by atoms with E-state index in [0.29, 0.717) is 5.56 Å². The third kappa shape index (κ3) is 2.81. The van der Waals surface area contributed by atoms with Crippen LogP contribution in [0.25, 0.3) is 0 Å². The van der Waals surface area contributed by atoms with Crippen LogP contribution in [0.3, 0.4) is 0 Å². The molecule has 2 rings (SSSR count). The van der Waals surface area contributed by atoms with E-state index in [9.17, 15) is 4.79 Å². The highest BCUT2D eigenvalue weighted by molar-refractivity contribution is 6.04. The lowest BCUT2D eigenvalue weighted by Crippen LogP contribution is -2.11. The highest BCUT2D eigenvalue weighted by atomic mass is 16.1. The minimum absolute atomic E-state index is 0.126. The van der Waals surface area contributed by atoms with Gasteiger partial charge in [-0.25, -0.2) is 0 Å². The van der Waals surface area contributed by atoms with Gasteiger partial charge in [0.05, 0.1) is 0 Å². The van der Waals surface area contributed by atoms with Gasteiger partial charge in [0, 0.05) is 36.4 Å². The number of carbonyl (C=O) groups excluding carboxylic acids is 1. The van der Waals surface area contributed by atoms with E-state index in [0.717, 1.165) is 11.4 Å². The Morgan fingerprint density at radius 1 is 1.00 bits per heavy atom. The zero-order valence-corrected chi connectivity index (χ0v) is 9.47. The number of nitrogens with one attached hydrogen (secondary N) is 2. The number of anilines is 2. The van der Waals surface area contributed by atoms with Gasteiger partial charge in [0.15, 0.2) is 0 Å². The summed E-state index contributed by atoms with van der Waals surface area (Å²) in [4.78, 5) is 15.8. The van der Waals surface area contributed by atoms with Gasteiger partial charge in [0.25, 0.3) is 5.91 Å². The van der Waals surface area contributed by atoms with Gasteiger partial charge >= 0.3 is 0 Å². The molecule has 4 heteroatoms. The maximum Gasteiger partial charge on any atom is 0.255 e. The molecule has 0 aliphatic rings. The van der Waals surface area contributed by atoms with E-state index in [2.05, 4.69) is 15.6 Å². The molecular weight excluding hydrogens is 214 g/mol. The minimum Gasteiger partial charge on any atom is -0.388 e. The molecule has 0 saturated carbocycles. The van der Waals surface area contributed by atoms with E-state index >= 15 is 0 Å². The molecule has 0 fully saturated rings. The standard InChI is InChI=1S/C13H13N3O/c1-14-11-4-2-10(3-5-11)13(17)16-12-6-8-15-9-7-12/h2-9,14H,1H3,(H,15,16,17). The van der Waals surface area contributed by atoms with Crippen molar-refractivity contribution in [3.05, 3.63) is 54.4 Å². The van der Waals surface area contributed by atoms with E-state index in [1.165, 1.54) is 0 Å². The first-order chi connectivity index (χ1) is 8.29. The highest BCUT2D eigenvalue weighted by Gasteiger charge is 2.05. The summed E-state index contributed by atoms with van der Waals surface area (Å²) in [6.45, 7) is 0. The number of aromatic nitrogens is 1. The fraction of sp³-hybridized carbons (Fsp3) is 0.0769. The zero-order chi connectivity index (χ0) is 12.1. The van der Waals surface area contributed by atoms with Gasteiger partial charge in [-0.2, -0.15) is 0 Å². The van der Waals surface area contributed by atoms with Crippen molar-refractivity contribution < 1.29 is 4.79 Å². The Morgan fingerprint density at radius 3 is 2.24 bits per heavy atom. The first-order valence-electron chi connectivity index (χ1n) is 5.29. The molecule has 0 unspecified atom stereocenters. The van der Waals surface area contributed by atoms with Crippen LogP contribution in [0.15, 0.2) is 48.8 Å². The largest absolute Gasteiger partial charge is 0.388 e. The average molecular weight is 227 g/mol. The number of hydrogen-bond donors (Lipinski definition) is 2. The number of pyridine rings is 1. The van der Waals surface area contributed by atoms with Gasteiger partial charge in [0.1, 0.15) is 0 Å². The Balaban J connectivity index is 2.09. The normalized spacial score (nSPS) is 9.71. The lowest BCUT2D eigenvalue weighted by molar-refractivity contribution is 0.102. The topological polar surface area (TPSA) is 54.0 Å². The average Bonchev–Trinajstić information content (AvgIpc) is 2.40. The van der Waals surface area contributed by atoms with E-state index in [4.69, 9.17) is 0 Å². The molecule has 1 heterocycles. The molecule has 0 aliphatic carbocycles. The van der Waals surface area contributed by atoms with E-state index in [1.807, 2.05) is 19.2 Å². The van der Waals surface area contributed by atoms with Crippen molar-refractivity contribution in [2.45, 2.75) is 0 Å². The summed E-state index contributed by atoms with van der Waals surface area (Å²) in [7, 11) is 1.84. The molecule has 1 amide bonds. The quantitative estimate of drug-likeness (QED) is 0.846. The fourth-order valence-corrected chi connectivity index (χ4v) is 1.43. The van der Waals surface area contributed by atoms with Gasteiger partial charge in [-0.1, -0.05) is 0 Å². The monoisotopic (exact) mass is 227 g/mol. The number of benzene rings is 1. The Kier molecular flexibility index (Phi) is 3.35. The van der Waals surface area contributed by atoms with Crippen LogP contribution in [0.2, 0.25) is 0 Å². The lowest BCUT2D eigenvalue weighted by atomic mass is 10.2. The van der Waals surface area contributed by atoms with Gasteiger partial charge in [-0.3, -0.25) is 9.78 Å². The molecule has 17 heavy (non-hydrogen) atoms. The van der Waals surface area contributed by atoms with Crippen molar-refractivity contribution in [3.8, 4) is 0 Å². The van der Waals surface area contributed by atoms with Crippen LogP contribution in [0.1, 0.15) is 10.4 Å². The van der Waals surface area contributed by atoms with Gasteiger partial charge in [-0.15, -0.1) is 0 Å². The van der Waals surface area contributed by atoms with E-state index in [-0.39, 0.29) is 5.91 Å². The smallest absolute Gasteiger partial charge is 0.255 e. The summed E-state index contributed by atoms with van der Waals surface area (Å²) in [5, 5.41) is 5.80. The number of amides is 1. The van der Waals surface area contributed by atoms with Crippen molar-refractivity contribution >= 4 is 17.3 Å². The molecule has 0 saturated heterocycles. The first kappa shape index (κ1) is 11.1. The SMILES string of the molecule is CNc1ccc(C(=O)Nc2ccncc2)cc1. The van der Waals surface area contributed by atoms with Crippen molar-refractivity contribution in [2.75, 3.05) is 17.7 Å². The molecule has 0 atom stereocenters. The summed E-state index contributed by atoms with van der Waals surface area (Å²) in [6, 6.07) is 10.8. The maximum absolute atomic E-state index is 11.9. The van der Waals surface area contributed by atoms with Gasteiger partial charge in [-0.05, 0) is 36.4 Å². The minimum atomic E-state index is -0.126. The van der Waals surface area contributed by atoms with Crippen LogP contribution >= 0.6 is 0 Å². The van der Waals surface area contributed by atoms with Crippen LogP contribution in [0.5, 0.6) is 0 Å². The van der Waals surface area contributed by atoms with Gasteiger partial charge in [0.2, 0.25) is 0 Å². The number of nitrogens with zero attached hydrogens (tertiary/aromatic N) is 1. The molecular formula is C13H13N3O. The highest BCUT2D eigenvalue weighted by Crippen LogP contribution is 2.11. The summed E-state index contributed by atoms with van der Waals surface area (Å²) >= 11 is 0. The van der Waals surface area contributed by atoms with Crippen LogP contribution < -0.4 is 10.6 Å². The van der Waals surface area contributed by atoms with Crippen LogP contribution in [-0.4, -0.2) is 17.9 Å². The Hall–Kier alpha value is -2.36. The van der Waals surface area contributed by atoms with Crippen molar-refractivity contribution in [1.82, 2.24) is 4.98 Å². The van der Waals surface area contributed by atoms with Crippen LogP contribution in [0, 0.1) is 0 Å². The zero-order valence-electron chi connectivity index (χ0n) is 9.47. The van der Waals surface area contributed by atoms with E-state index < -0.39 is 0 Å². The molecule has 4 nitrogen and oxygen atoms in total. The molecule has 2 N–H and O–H groups in total.